The molecule has 16 heavy (non-hydrogen) atoms. The highest BCUT2D eigenvalue weighted by atomic mass is 15.1. The molecule has 0 aliphatic heterocycles. The fourth-order valence-electron chi connectivity index (χ4n) is 1.77. The number of hydrogen-bond acceptors (Lipinski definition) is 2. The Morgan fingerprint density at radius 1 is 1.38 bits per heavy atom. The molecular formula is C13H15N3. The van der Waals surface area contributed by atoms with Crippen LogP contribution in [0.2, 0.25) is 0 Å². The molecule has 2 aromatic rings. The second-order valence-electron chi connectivity index (χ2n) is 3.90. The van der Waals surface area contributed by atoms with E-state index in [0.717, 1.165) is 23.5 Å². The molecule has 3 heteroatoms. The van der Waals surface area contributed by atoms with Crippen LogP contribution in [-0.2, 0) is 6.42 Å². The quantitative estimate of drug-likeness (QED) is 0.734. The Bertz CT molecular complexity index is 512. The van der Waals surface area contributed by atoms with Crippen molar-refractivity contribution < 1.29 is 0 Å². The Balaban J connectivity index is 2.49. The van der Waals surface area contributed by atoms with E-state index in [1.807, 2.05) is 30.0 Å². The van der Waals surface area contributed by atoms with Crippen molar-refractivity contribution in [2.45, 2.75) is 20.3 Å². The van der Waals surface area contributed by atoms with Gasteiger partial charge >= 0.3 is 0 Å². The van der Waals surface area contributed by atoms with Gasteiger partial charge in [0.05, 0.1) is 0 Å². The number of aryl methyl sites for hydroxylation is 2. The SMILES string of the molecule is C=CCc1cncn1-c1ncc(C)cc1C. The van der Waals surface area contributed by atoms with E-state index in [1.165, 1.54) is 5.56 Å². The van der Waals surface area contributed by atoms with Crippen LogP contribution < -0.4 is 0 Å². The van der Waals surface area contributed by atoms with Crippen molar-refractivity contribution in [2.24, 2.45) is 0 Å². The molecule has 2 aromatic heterocycles. The Hall–Kier alpha value is -1.90. The molecule has 82 valence electrons. The van der Waals surface area contributed by atoms with E-state index in [1.54, 1.807) is 6.33 Å². The van der Waals surface area contributed by atoms with Crippen molar-refractivity contribution in [2.75, 3.05) is 0 Å². The number of hydrogen-bond donors (Lipinski definition) is 0. The first kappa shape index (κ1) is 10.6. The highest BCUT2D eigenvalue weighted by Gasteiger charge is 2.06. The van der Waals surface area contributed by atoms with E-state index in [4.69, 9.17) is 0 Å². The van der Waals surface area contributed by atoms with Gasteiger partial charge in [-0.1, -0.05) is 12.1 Å². The predicted molar refractivity (Wildman–Crippen MR) is 64.7 cm³/mol. The number of pyridine rings is 1. The Morgan fingerprint density at radius 3 is 2.88 bits per heavy atom. The molecule has 0 spiro atoms. The molecule has 0 amide bonds. The van der Waals surface area contributed by atoms with Crippen LogP contribution in [-0.4, -0.2) is 14.5 Å². The van der Waals surface area contributed by atoms with Gasteiger partial charge in [0.2, 0.25) is 0 Å². The van der Waals surface area contributed by atoms with E-state index < -0.39 is 0 Å². The lowest BCUT2D eigenvalue weighted by Gasteiger charge is -2.09. The monoisotopic (exact) mass is 213 g/mol. The van der Waals surface area contributed by atoms with Gasteiger partial charge in [0.15, 0.2) is 0 Å². The maximum absolute atomic E-state index is 4.45. The third kappa shape index (κ3) is 1.89. The van der Waals surface area contributed by atoms with E-state index >= 15 is 0 Å². The van der Waals surface area contributed by atoms with Crippen LogP contribution in [0.1, 0.15) is 16.8 Å². The van der Waals surface area contributed by atoms with Crippen molar-refractivity contribution in [1.29, 1.82) is 0 Å². The largest absolute Gasteiger partial charge is 0.287 e. The van der Waals surface area contributed by atoms with Crippen LogP contribution in [0, 0.1) is 13.8 Å². The van der Waals surface area contributed by atoms with E-state index in [2.05, 4.69) is 29.5 Å². The highest BCUT2D eigenvalue weighted by molar-refractivity contribution is 5.36. The Labute approximate surface area is 95.5 Å². The van der Waals surface area contributed by atoms with Gasteiger partial charge in [-0.05, 0) is 25.0 Å². The van der Waals surface area contributed by atoms with Crippen LogP contribution in [0.3, 0.4) is 0 Å². The molecular weight excluding hydrogens is 198 g/mol. The third-order valence-corrected chi connectivity index (χ3v) is 2.48. The highest BCUT2D eigenvalue weighted by Crippen LogP contribution is 2.15. The lowest BCUT2D eigenvalue weighted by atomic mass is 10.2. The number of imidazole rings is 1. The Morgan fingerprint density at radius 2 is 2.19 bits per heavy atom. The van der Waals surface area contributed by atoms with Crippen molar-refractivity contribution in [3.63, 3.8) is 0 Å². The fraction of sp³-hybridized carbons (Fsp3) is 0.231. The van der Waals surface area contributed by atoms with E-state index in [-0.39, 0.29) is 0 Å². The van der Waals surface area contributed by atoms with Gasteiger partial charge in [-0.25, -0.2) is 9.97 Å². The van der Waals surface area contributed by atoms with Crippen LogP contribution >= 0.6 is 0 Å². The number of nitrogens with zero attached hydrogens (tertiary/aromatic N) is 3. The average Bonchev–Trinajstić information content (AvgIpc) is 2.67. The lowest BCUT2D eigenvalue weighted by Crippen LogP contribution is -2.03. The number of rotatable bonds is 3. The van der Waals surface area contributed by atoms with Gasteiger partial charge < -0.3 is 0 Å². The number of allylic oxidation sites excluding steroid dienone is 1. The summed E-state index contributed by atoms with van der Waals surface area (Å²) in [5, 5.41) is 0. The summed E-state index contributed by atoms with van der Waals surface area (Å²) in [5.41, 5.74) is 3.43. The van der Waals surface area contributed by atoms with E-state index in [0.29, 0.717) is 0 Å². The van der Waals surface area contributed by atoms with Gasteiger partial charge in [-0.2, -0.15) is 0 Å². The molecule has 0 saturated carbocycles. The Kier molecular flexibility index (Phi) is 2.86. The van der Waals surface area contributed by atoms with Crippen LogP contribution in [0.25, 0.3) is 5.82 Å². The molecule has 0 bridgehead atoms. The summed E-state index contributed by atoms with van der Waals surface area (Å²) in [4.78, 5) is 8.61. The summed E-state index contributed by atoms with van der Waals surface area (Å²) in [5.74, 6) is 0.944. The lowest BCUT2D eigenvalue weighted by molar-refractivity contribution is 0.912. The first-order chi connectivity index (χ1) is 7.72. The zero-order valence-electron chi connectivity index (χ0n) is 9.64. The molecule has 2 heterocycles. The van der Waals surface area contributed by atoms with E-state index in [9.17, 15) is 0 Å². The molecule has 0 atom stereocenters. The van der Waals surface area contributed by atoms with Crippen molar-refractivity contribution in [3.05, 3.63) is 54.3 Å². The minimum atomic E-state index is 0.801. The minimum Gasteiger partial charge on any atom is -0.287 e. The van der Waals surface area contributed by atoms with Crippen molar-refractivity contribution in [1.82, 2.24) is 14.5 Å². The third-order valence-electron chi connectivity index (χ3n) is 2.48. The summed E-state index contributed by atoms with van der Waals surface area (Å²) in [6, 6.07) is 2.13. The first-order valence-electron chi connectivity index (χ1n) is 5.28. The zero-order valence-corrected chi connectivity index (χ0v) is 9.64. The summed E-state index contributed by atoms with van der Waals surface area (Å²) in [7, 11) is 0. The van der Waals surface area contributed by atoms with Crippen molar-refractivity contribution in [3.8, 4) is 5.82 Å². The molecule has 0 N–H and O–H groups in total. The summed E-state index contributed by atoms with van der Waals surface area (Å²) < 4.78 is 2.01. The molecule has 0 fully saturated rings. The molecule has 2 rings (SSSR count). The molecule has 0 aliphatic carbocycles. The van der Waals surface area contributed by atoms with Gasteiger partial charge in [0, 0.05) is 24.5 Å². The smallest absolute Gasteiger partial charge is 0.140 e. The molecule has 0 radical (unpaired) electrons. The molecule has 0 unspecified atom stereocenters. The summed E-state index contributed by atoms with van der Waals surface area (Å²) in [6.45, 7) is 7.85. The standard InChI is InChI=1S/C13H15N3/c1-4-5-12-8-14-9-16(12)13-11(3)6-10(2)7-15-13/h4,6-9H,1,5H2,2-3H3. The molecule has 0 saturated heterocycles. The summed E-state index contributed by atoms with van der Waals surface area (Å²) >= 11 is 0. The van der Waals surface area contributed by atoms with Gasteiger partial charge in [-0.15, -0.1) is 6.58 Å². The molecule has 0 aliphatic rings. The maximum atomic E-state index is 4.45. The van der Waals surface area contributed by atoms with Crippen molar-refractivity contribution >= 4 is 0 Å². The second kappa shape index (κ2) is 4.31. The van der Waals surface area contributed by atoms with Crippen LogP contribution in [0.4, 0.5) is 0 Å². The second-order valence-corrected chi connectivity index (χ2v) is 3.90. The zero-order chi connectivity index (χ0) is 11.5. The summed E-state index contributed by atoms with van der Waals surface area (Å²) in [6.07, 6.45) is 8.19. The average molecular weight is 213 g/mol. The normalized spacial score (nSPS) is 10.4. The number of aromatic nitrogens is 3. The topological polar surface area (TPSA) is 30.7 Å². The van der Waals surface area contributed by atoms with Crippen LogP contribution in [0.15, 0.2) is 37.4 Å². The van der Waals surface area contributed by atoms with Crippen LogP contribution in [0.5, 0.6) is 0 Å². The predicted octanol–water partition coefficient (Wildman–Crippen LogP) is 2.61. The van der Waals surface area contributed by atoms with Gasteiger partial charge in [0.1, 0.15) is 12.1 Å². The molecule has 3 nitrogen and oxygen atoms in total. The first-order valence-corrected chi connectivity index (χ1v) is 5.28. The maximum Gasteiger partial charge on any atom is 0.140 e. The minimum absolute atomic E-state index is 0.801. The molecule has 0 aromatic carbocycles. The van der Waals surface area contributed by atoms with Gasteiger partial charge in [-0.3, -0.25) is 4.57 Å². The van der Waals surface area contributed by atoms with Gasteiger partial charge in [0.25, 0.3) is 0 Å². The fourth-order valence-corrected chi connectivity index (χ4v) is 1.77.